The van der Waals surface area contributed by atoms with E-state index in [1.165, 1.54) is 22.5 Å². The summed E-state index contributed by atoms with van der Waals surface area (Å²) in [5.74, 6) is 0. The molecule has 0 amide bonds. The highest BCUT2D eigenvalue weighted by molar-refractivity contribution is 7.89. The first-order valence-corrected chi connectivity index (χ1v) is 12.0. The zero-order valence-electron chi connectivity index (χ0n) is 17.0. The number of aromatic nitrogens is 1. The first-order valence-electron chi connectivity index (χ1n) is 9.64. The van der Waals surface area contributed by atoms with Gasteiger partial charge in [0.05, 0.1) is 22.9 Å². The van der Waals surface area contributed by atoms with E-state index < -0.39 is 16.2 Å². The maximum atomic E-state index is 12.5. The summed E-state index contributed by atoms with van der Waals surface area (Å²) < 4.78 is 27.7. The van der Waals surface area contributed by atoms with E-state index in [0.29, 0.717) is 6.42 Å². The van der Waals surface area contributed by atoms with Crippen molar-refractivity contribution < 1.29 is 13.3 Å². The van der Waals surface area contributed by atoms with E-state index >= 15 is 0 Å². The van der Waals surface area contributed by atoms with Gasteiger partial charge in [-0.1, -0.05) is 17.7 Å². The lowest BCUT2D eigenvalue weighted by Gasteiger charge is -2.12. The smallest absolute Gasteiger partial charge is 0.241 e. The molecule has 3 aromatic rings. The van der Waals surface area contributed by atoms with Gasteiger partial charge in [-0.2, -0.15) is 10.2 Å². The molecule has 1 fully saturated rings. The van der Waals surface area contributed by atoms with Gasteiger partial charge in [0.25, 0.3) is 0 Å². The van der Waals surface area contributed by atoms with Crippen molar-refractivity contribution in [1.29, 1.82) is 0 Å². The molecule has 2 heterocycles. The Balaban J connectivity index is 1.45. The van der Waals surface area contributed by atoms with E-state index in [1.807, 2.05) is 12.3 Å². The molecular weight excluding hydrogens is 420 g/mol. The topological polar surface area (TPSA) is 92.4 Å². The molecule has 158 valence electrons. The number of rotatable bonds is 6. The Morgan fingerprint density at radius 3 is 2.63 bits per heavy atom. The number of hydrogen-bond donors (Lipinski definition) is 3. The number of nitrogens with one attached hydrogen (secondary N) is 3. The van der Waals surface area contributed by atoms with Crippen molar-refractivity contribution >= 4 is 32.2 Å². The molecule has 7 nitrogen and oxygen atoms in total. The van der Waals surface area contributed by atoms with Crippen LogP contribution in [0.3, 0.4) is 0 Å². The van der Waals surface area contributed by atoms with Gasteiger partial charge in [-0.25, -0.2) is 13.4 Å². The van der Waals surface area contributed by atoms with E-state index in [1.54, 1.807) is 24.3 Å². The standard InChI is InChI=1S/C21H24N4O3S2/c1-13-4-5-14(2)18(10-13)19-12-29-21(23-19)22-16-6-8-17(9-7-16)30(26,27)25-20-11-15(3)28-24-20/h4-10,12,15,20,24-25H,11H2,1-3H3,(H,22,23). The molecule has 0 spiro atoms. The summed E-state index contributed by atoms with van der Waals surface area (Å²) in [4.78, 5) is 10.1. The van der Waals surface area contributed by atoms with Crippen molar-refractivity contribution in [2.75, 3.05) is 5.32 Å². The highest BCUT2D eigenvalue weighted by Gasteiger charge is 2.27. The number of nitrogens with zero attached hydrogens (tertiary/aromatic N) is 1. The minimum Gasteiger partial charge on any atom is -0.332 e. The monoisotopic (exact) mass is 444 g/mol. The summed E-state index contributed by atoms with van der Waals surface area (Å²) in [6.45, 7) is 6.02. The molecule has 30 heavy (non-hydrogen) atoms. The van der Waals surface area contributed by atoms with E-state index in [9.17, 15) is 8.42 Å². The van der Waals surface area contributed by atoms with Crippen molar-refractivity contribution in [2.24, 2.45) is 0 Å². The second-order valence-electron chi connectivity index (χ2n) is 7.46. The summed E-state index contributed by atoms with van der Waals surface area (Å²) >= 11 is 1.51. The van der Waals surface area contributed by atoms with Crippen LogP contribution in [-0.4, -0.2) is 25.7 Å². The quantitative estimate of drug-likeness (QED) is 0.530. The number of aryl methyl sites for hydroxylation is 2. The van der Waals surface area contributed by atoms with E-state index in [2.05, 4.69) is 52.5 Å². The van der Waals surface area contributed by atoms with Gasteiger partial charge in [0.2, 0.25) is 10.0 Å². The van der Waals surface area contributed by atoms with Gasteiger partial charge in [-0.05, 0) is 56.7 Å². The Labute approximate surface area is 180 Å². The molecule has 0 aliphatic carbocycles. The lowest BCUT2D eigenvalue weighted by atomic mass is 10.0. The fourth-order valence-electron chi connectivity index (χ4n) is 3.26. The Morgan fingerprint density at radius 2 is 1.93 bits per heavy atom. The van der Waals surface area contributed by atoms with Crippen LogP contribution in [0.5, 0.6) is 0 Å². The third-order valence-electron chi connectivity index (χ3n) is 4.87. The van der Waals surface area contributed by atoms with Crippen LogP contribution in [0.1, 0.15) is 24.5 Å². The van der Waals surface area contributed by atoms with Crippen LogP contribution in [-0.2, 0) is 14.9 Å². The average molecular weight is 445 g/mol. The molecule has 1 aliphatic rings. The summed E-state index contributed by atoms with van der Waals surface area (Å²) in [6, 6.07) is 12.9. The molecular formula is C21H24N4O3S2. The minimum absolute atomic E-state index is 0.0314. The molecule has 9 heteroatoms. The molecule has 0 saturated carbocycles. The fraction of sp³-hybridized carbons (Fsp3) is 0.286. The van der Waals surface area contributed by atoms with Gasteiger partial charge < -0.3 is 5.32 Å². The summed E-state index contributed by atoms with van der Waals surface area (Å²) in [5.41, 5.74) is 7.87. The molecule has 2 unspecified atom stereocenters. The van der Waals surface area contributed by atoms with Gasteiger partial charge in [0, 0.05) is 23.1 Å². The Morgan fingerprint density at radius 1 is 1.17 bits per heavy atom. The van der Waals surface area contributed by atoms with Crippen LogP contribution in [0.2, 0.25) is 0 Å². The van der Waals surface area contributed by atoms with Gasteiger partial charge in [-0.15, -0.1) is 11.3 Å². The van der Waals surface area contributed by atoms with Crippen molar-refractivity contribution in [3.8, 4) is 11.3 Å². The number of sulfonamides is 1. The summed E-state index contributed by atoms with van der Waals surface area (Å²) in [5, 5.41) is 6.01. The van der Waals surface area contributed by atoms with Crippen LogP contribution in [0.4, 0.5) is 10.8 Å². The zero-order chi connectivity index (χ0) is 21.3. The lowest BCUT2D eigenvalue weighted by molar-refractivity contribution is 0.0355. The third kappa shape index (κ3) is 4.71. The SMILES string of the molecule is Cc1ccc(C)c(-c2csc(Nc3ccc(S(=O)(=O)NC4CC(C)ON4)cc3)n2)c1. The molecule has 2 atom stereocenters. The number of anilines is 2. The second kappa shape index (κ2) is 8.44. The van der Waals surface area contributed by atoms with Crippen LogP contribution >= 0.6 is 11.3 Å². The van der Waals surface area contributed by atoms with Crippen molar-refractivity contribution in [1.82, 2.24) is 15.2 Å². The third-order valence-corrected chi connectivity index (χ3v) is 7.11. The molecule has 2 aromatic carbocycles. The van der Waals surface area contributed by atoms with Crippen molar-refractivity contribution in [2.45, 2.75) is 44.4 Å². The summed E-state index contributed by atoms with van der Waals surface area (Å²) in [7, 11) is -3.63. The van der Waals surface area contributed by atoms with Crippen LogP contribution < -0.4 is 15.5 Å². The number of benzene rings is 2. The molecule has 4 rings (SSSR count). The largest absolute Gasteiger partial charge is 0.332 e. The highest BCUT2D eigenvalue weighted by Crippen LogP contribution is 2.30. The first kappa shape index (κ1) is 21.0. The molecule has 0 radical (unpaired) electrons. The molecule has 0 bridgehead atoms. The Bertz CT molecular complexity index is 1140. The Kier molecular flexibility index (Phi) is 5.90. The van der Waals surface area contributed by atoms with Crippen LogP contribution in [0, 0.1) is 13.8 Å². The Hall–Kier alpha value is -2.30. The zero-order valence-corrected chi connectivity index (χ0v) is 18.6. The minimum atomic E-state index is -3.63. The van der Waals surface area contributed by atoms with Gasteiger partial charge in [0.15, 0.2) is 5.13 Å². The van der Waals surface area contributed by atoms with Crippen molar-refractivity contribution in [3.05, 3.63) is 59.0 Å². The predicted octanol–water partition coefficient (Wildman–Crippen LogP) is 4.09. The molecule has 1 saturated heterocycles. The average Bonchev–Trinajstić information content (AvgIpc) is 3.33. The van der Waals surface area contributed by atoms with Crippen LogP contribution in [0.15, 0.2) is 52.7 Å². The van der Waals surface area contributed by atoms with E-state index in [4.69, 9.17) is 4.84 Å². The van der Waals surface area contributed by atoms with Gasteiger partial charge in [-0.3, -0.25) is 4.84 Å². The highest BCUT2D eigenvalue weighted by atomic mass is 32.2. The van der Waals surface area contributed by atoms with E-state index in [-0.39, 0.29) is 11.0 Å². The van der Waals surface area contributed by atoms with Gasteiger partial charge >= 0.3 is 0 Å². The summed E-state index contributed by atoms with van der Waals surface area (Å²) in [6.07, 6.45) is 0.115. The van der Waals surface area contributed by atoms with Gasteiger partial charge in [0.1, 0.15) is 0 Å². The van der Waals surface area contributed by atoms with E-state index in [0.717, 1.165) is 22.1 Å². The molecule has 1 aromatic heterocycles. The fourth-order valence-corrected chi connectivity index (χ4v) is 5.14. The number of hydrogen-bond acceptors (Lipinski definition) is 7. The second-order valence-corrected chi connectivity index (χ2v) is 10.0. The number of hydroxylamine groups is 1. The predicted molar refractivity (Wildman–Crippen MR) is 119 cm³/mol. The van der Waals surface area contributed by atoms with Crippen LogP contribution in [0.25, 0.3) is 11.3 Å². The lowest BCUT2D eigenvalue weighted by Crippen LogP contribution is -2.40. The molecule has 3 N–H and O–H groups in total. The maximum Gasteiger partial charge on any atom is 0.241 e. The first-order chi connectivity index (χ1) is 14.3. The normalized spacial score (nSPS) is 19.2. The molecule has 1 aliphatic heterocycles. The maximum absolute atomic E-state index is 12.5. The van der Waals surface area contributed by atoms with Crippen molar-refractivity contribution in [3.63, 3.8) is 0 Å². The number of thiazole rings is 1.